The average molecular weight is 782 g/mol. The molecule has 2 aliphatic rings. The Morgan fingerprint density at radius 1 is 0.475 bits per heavy atom. The second kappa shape index (κ2) is 14.7. The maximum Gasteiger partial charge on any atom is 0.164 e. The first kappa shape index (κ1) is 36.2. The van der Waals surface area contributed by atoms with Gasteiger partial charge in [-0.25, -0.2) is 15.0 Å². The minimum absolute atomic E-state index is 0.556. The van der Waals surface area contributed by atoms with E-state index in [1.807, 2.05) is 24.3 Å². The van der Waals surface area contributed by atoms with E-state index in [2.05, 4.69) is 189 Å². The lowest BCUT2D eigenvalue weighted by Gasteiger charge is -2.39. The van der Waals surface area contributed by atoms with E-state index in [0.29, 0.717) is 17.5 Å². The number of allylic oxidation sites excluding steroid dienone is 4. The molecule has 8 aromatic carbocycles. The normalized spacial score (nSPS) is 15.1. The van der Waals surface area contributed by atoms with Crippen molar-refractivity contribution in [1.29, 1.82) is 0 Å². The van der Waals surface area contributed by atoms with Crippen molar-refractivity contribution < 1.29 is 4.74 Å². The molecule has 1 aliphatic carbocycles. The van der Waals surface area contributed by atoms with E-state index >= 15 is 0 Å². The molecule has 0 radical (unpaired) electrons. The number of benzene rings is 8. The van der Waals surface area contributed by atoms with Crippen molar-refractivity contribution in [3.63, 3.8) is 0 Å². The third-order valence-electron chi connectivity index (χ3n) is 12.2. The highest BCUT2D eigenvalue weighted by Gasteiger charge is 2.51. The van der Waals surface area contributed by atoms with Crippen LogP contribution in [0.25, 0.3) is 78.3 Å². The van der Waals surface area contributed by atoms with Gasteiger partial charge in [-0.05, 0) is 92.1 Å². The van der Waals surface area contributed by atoms with Gasteiger partial charge in [-0.3, -0.25) is 0 Å². The van der Waals surface area contributed by atoms with Crippen molar-refractivity contribution in [2.45, 2.75) is 12.3 Å². The van der Waals surface area contributed by atoms with Crippen LogP contribution in [-0.4, -0.2) is 15.0 Å². The maximum absolute atomic E-state index is 6.60. The number of aromatic nitrogens is 3. The van der Waals surface area contributed by atoms with Crippen LogP contribution in [0.2, 0.25) is 0 Å². The van der Waals surface area contributed by atoms with Gasteiger partial charge in [-0.1, -0.05) is 189 Å². The zero-order valence-corrected chi connectivity index (χ0v) is 33.6. The van der Waals surface area contributed by atoms with E-state index in [1.165, 1.54) is 22.3 Å². The summed E-state index contributed by atoms with van der Waals surface area (Å²) in [5, 5.41) is 2.23. The van der Waals surface area contributed by atoms with Crippen molar-refractivity contribution in [2.75, 3.05) is 0 Å². The van der Waals surface area contributed by atoms with Gasteiger partial charge in [0.1, 0.15) is 11.5 Å². The minimum atomic E-state index is -0.556. The van der Waals surface area contributed by atoms with E-state index in [-0.39, 0.29) is 0 Å². The molecule has 2 heterocycles. The number of nitrogens with zero attached hydrogens (tertiary/aromatic N) is 3. The zero-order chi connectivity index (χ0) is 40.9. The molecule has 0 bridgehead atoms. The van der Waals surface area contributed by atoms with Crippen molar-refractivity contribution in [1.82, 2.24) is 15.0 Å². The van der Waals surface area contributed by atoms with Gasteiger partial charge in [0.15, 0.2) is 17.5 Å². The standard InChI is InChI=1S/C57H39N3O/c1-3-4-33-51-37(2)57(49-31-12-13-34-52(49)61-51)48-30-11-10-27-47(48)53-45(28-17-32-50(53)57)41-23-15-25-43(36-41)55-58-54(42-24-14-22-40(35-42)38-18-6-5-7-19-38)59-56(60-55)46-29-16-21-39-20-8-9-26-44(39)46/h3-36H,1H2,2H3/b33-4-. The molecule has 11 rings (SSSR count). The molecule has 9 aromatic rings. The van der Waals surface area contributed by atoms with Gasteiger partial charge in [-0.15, -0.1) is 0 Å². The highest BCUT2D eigenvalue weighted by Crippen LogP contribution is 2.62. The van der Waals surface area contributed by atoms with Crippen molar-refractivity contribution in [2.24, 2.45) is 0 Å². The molecule has 1 aliphatic heterocycles. The van der Waals surface area contributed by atoms with Crippen molar-refractivity contribution in [3.05, 3.63) is 241 Å². The van der Waals surface area contributed by atoms with Crippen LogP contribution in [0.15, 0.2) is 224 Å². The molecule has 1 unspecified atom stereocenters. The SMILES string of the molecule is C=C/C=C\C1=C(C)C2(c3ccccc3O1)c1ccccc1-c1c(-c3cccc(-c4nc(-c5cccc(-c6ccccc6)c5)nc(-c5cccc6ccccc56)n4)c3)cccc12. The molecule has 61 heavy (non-hydrogen) atoms. The number of hydrogen-bond acceptors (Lipinski definition) is 4. The molecule has 0 saturated heterocycles. The fraction of sp³-hybridized carbons (Fsp3) is 0.0351. The smallest absolute Gasteiger partial charge is 0.164 e. The highest BCUT2D eigenvalue weighted by atomic mass is 16.5. The highest BCUT2D eigenvalue weighted by molar-refractivity contribution is 5.97. The summed E-state index contributed by atoms with van der Waals surface area (Å²) in [7, 11) is 0. The zero-order valence-electron chi connectivity index (χ0n) is 33.6. The quantitative estimate of drug-likeness (QED) is 0.151. The minimum Gasteiger partial charge on any atom is -0.457 e. The molecule has 1 atom stereocenters. The van der Waals surface area contributed by atoms with Crippen LogP contribution in [0, 0.1) is 0 Å². The van der Waals surface area contributed by atoms with Gasteiger partial charge in [0, 0.05) is 22.3 Å². The predicted octanol–water partition coefficient (Wildman–Crippen LogP) is 14.1. The number of para-hydroxylation sites is 1. The molecule has 0 fully saturated rings. The van der Waals surface area contributed by atoms with Gasteiger partial charge < -0.3 is 4.74 Å². The van der Waals surface area contributed by atoms with E-state index in [0.717, 1.165) is 72.4 Å². The second-order valence-corrected chi connectivity index (χ2v) is 15.6. The first-order chi connectivity index (χ1) is 30.1. The molecule has 1 spiro atoms. The third kappa shape index (κ3) is 5.87. The summed E-state index contributed by atoms with van der Waals surface area (Å²) >= 11 is 0. The van der Waals surface area contributed by atoms with Crippen molar-refractivity contribution >= 4 is 10.8 Å². The Kier molecular flexibility index (Phi) is 8.71. The van der Waals surface area contributed by atoms with E-state index in [9.17, 15) is 0 Å². The van der Waals surface area contributed by atoms with Gasteiger partial charge in [-0.2, -0.15) is 0 Å². The largest absolute Gasteiger partial charge is 0.457 e. The third-order valence-corrected chi connectivity index (χ3v) is 12.2. The van der Waals surface area contributed by atoms with Crippen LogP contribution in [-0.2, 0) is 5.41 Å². The molecular formula is C57H39N3O. The van der Waals surface area contributed by atoms with Crippen LogP contribution in [0.1, 0.15) is 23.6 Å². The number of fused-ring (bicyclic) bond motifs is 8. The fourth-order valence-corrected chi connectivity index (χ4v) is 9.49. The lowest BCUT2D eigenvalue weighted by molar-refractivity contribution is 0.399. The Hall–Kier alpha value is -7.95. The molecule has 4 heteroatoms. The molecular weight excluding hydrogens is 743 g/mol. The summed E-state index contributed by atoms with van der Waals surface area (Å²) in [5.74, 6) is 3.55. The lowest BCUT2D eigenvalue weighted by Crippen LogP contribution is -2.33. The maximum atomic E-state index is 6.60. The van der Waals surface area contributed by atoms with Gasteiger partial charge in [0.25, 0.3) is 0 Å². The molecule has 0 saturated carbocycles. The second-order valence-electron chi connectivity index (χ2n) is 15.6. The van der Waals surface area contributed by atoms with E-state index in [4.69, 9.17) is 19.7 Å². The Morgan fingerprint density at radius 2 is 1.03 bits per heavy atom. The first-order valence-corrected chi connectivity index (χ1v) is 20.6. The summed E-state index contributed by atoms with van der Waals surface area (Å²) in [4.78, 5) is 15.7. The summed E-state index contributed by atoms with van der Waals surface area (Å²) in [6.45, 7) is 6.15. The fourth-order valence-electron chi connectivity index (χ4n) is 9.49. The van der Waals surface area contributed by atoms with E-state index in [1.54, 1.807) is 6.08 Å². The number of ether oxygens (including phenoxy) is 1. The Morgan fingerprint density at radius 3 is 1.85 bits per heavy atom. The number of rotatable bonds is 7. The number of hydrogen-bond donors (Lipinski definition) is 0. The molecule has 1 aromatic heterocycles. The van der Waals surface area contributed by atoms with Gasteiger partial charge in [0.05, 0.1) is 5.41 Å². The predicted molar refractivity (Wildman–Crippen MR) is 249 cm³/mol. The lowest BCUT2D eigenvalue weighted by atomic mass is 9.66. The van der Waals surface area contributed by atoms with E-state index < -0.39 is 5.41 Å². The monoisotopic (exact) mass is 781 g/mol. The topological polar surface area (TPSA) is 47.9 Å². The summed E-state index contributed by atoms with van der Waals surface area (Å²) in [6.07, 6.45) is 5.77. The van der Waals surface area contributed by atoms with Gasteiger partial charge >= 0.3 is 0 Å². The molecule has 4 nitrogen and oxygen atoms in total. The Labute approximate surface area is 355 Å². The van der Waals surface area contributed by atoms with Crippen molar-refractivity contribution in [3.8, 4) is 73.3 Å². The Balaban J connectivity index is 1.11. The molecule has 288 valence electrons. The van der Waals surface area contributed by atoms with Crippen LogP contribution in [0.4, 0.5) is 0 Å². The molecule has 0 N–H and O–H groups in total. The summed E-state index contributed by atoms with van der Waals surface area (Å²) in [5.41, 5.74) is 13.9. The van der Waals surface area contributed by atoms with Crippen LogP contribution >= 0.6 is 0 Å². The average Bonchev–Trinajstić information content (AvgIpc) is 3.63. The Bertz CT molecular complexity index is 3270. The first-order valence-electron chi connectivity index (χ1n) is 20.6. The van der Waals surface area contributed by atoms with Crippen LogP contribution in [0.3, 0.4) is 0 Å². The summed E-state index contributed by atoms with van der Waals surface area (Å²) < 4.78 is 6.60. The van der Waals surface area contributed by atoms with Crippen LogP contribution < -0.4 is 4.74 Å². The summed E-state index contributed by atoms with van der Waals surface area (Å²) in [6, 6.07) is 66.3. The van der Waals surface area contributed by atoms with Crippen LogP contribution in [0.5, 0.6) is 5.75 Å². The van der Waals surface area contributed by atoms with Gasteiger partial charge in [0.2, 0.25) is 0 Å². The molecule has 0 amide bonds.